The third-order valence-electron chi connectivity index (χ3n) is 2.97. The molecule has 2 aromatic carbocycles. The summed E-state index contributed by atoms with van der Waals surface area (Å²) >= 11 is 3.19. The Kier molecular flexibility index (Phi) is 4.96. The van der Waals surface area contributed by atoms with Gasteiger partial charge in [-0.3, -0.25) is 4.79 Å². The van der Waals surface area contributed by atoms with E-state index in [-0.39, 0.29) is 11.6 Å². The van der Waals surface area contributed by atoms with Crippen LogP contribution in [0.25, 0.3) is 0 Å². The quantitative estimate of drug-likeness (QED) is 0.847. The van der Waals surface area contributed by atoms with E-state index in [0.29, 0.717) is 16.6 Å². The topological polar surface area (TPSA) is 41.1 Å². The number of halogens is 2. The average Bonchev–Trinajstić information content (AvgIpc) is 2.44. The number of carbonyl (C=O) groups excluding carboxylic acids is 1. The summed E-state index contributed by atoms with van der Waals surface area (Å²) in [7, 11) is 0. The van der Waals surface area contributed by atoms with Crippen LogP contribution in [0, 0.1) is 12.7 Å². The van der Waals surface area contributed by atoms with Gasteiger partial charge in [0.25, 0.3) is 5.91 Å². The molecular weight excluding hydrogens is 335 g/mol. The lowest BCUT2D eigenvalue weighted by atomic mass is 10.1. The van der Waals surface area contributed by atoms with Crippen LogP contribution in [0.1, 0.15) is 22.8 Å². The first kappa shape index (κ1) is 15.5. The van der Waals surface area contributed by atoms with Crippen molar-refractivity contribution >= 4 is 33.2 Å². The fourth-order valence-electron chi connectivity index (χ4n) is 1.97. The lowest BCUT2D eigenvalue weighted by Gasteiger charge is -2.12. The molecule has 0 bridgehead atoms. The molecule has 0 heterocycles. The van der Waals surface area contributed by atoms with Crippen LogP contribution in [-0.2, 0) is 0 Å². The van der Waals surface area contributed by atoms with Gasteiger partial charge >= 0.3 is 0 Å². The summed E-state index contributed by atoms with van der Waals surface area (Å²) in [5.41, 5.74) is 2.36. The van der Waals surface area contributed by atoms with Gasteiger partial charge in [0.15, 0.2) is 0 Å². The minimum atomic E-state index is -0.477. The molecule has 3 nitrogen and oxygen atoms in total. The number of amides is 1. The van der Waals surface area contributed by atoms with E-state index >= 15 is 0 Å². The van der Waals surface area contributed by atoms with E-state index in [9.17, 15) is 9.18 Å². The predicted molar refractivity (Wildman–Crippen MR) is 87.4 cm³/mol. The van der Waals surface area contributed by atoms with Crippen LogP contribution in [0.4, 0.5) is 15.8 Å². The van der Waals surface area contributed by atoms with Gasteiger partial charge in [-0.1, -0.05) is 27.6 Å². The number of hydrogen-bond acceptors (Lipinski definition) is 2. The zero-order chi connectivity index (χ0) is 15.4. The lowest BCUT2D eigenvalue weighted by Crippen LogP contribution is -2.16. The Balaban J connectivity index is 2.29. The molecule has 0 aromatic heterocycles. The van der Waals surface area contributed by atoms with E-state index in [1.165, 1.54) is 12.1 Å². The largest absolute Gasteiger partial charge is 0.385 e. The molecule has 2 N–H and O–H groups in total. The maximum Gasteiger partial charge on any atom is 0.257 e. The molecule has 0 saturated heterocycles. The normalized spacial score (nSPS) is 10.3. The van der Waals surface area contributed by atoms with Crippen molar-refractivity contribution in [2.45, 2.75) is 13.8 Å². The van der Waals surface area contributed by atoms with Gasteiger partial charge in [-0.2, -0.15) is 0 Å². The van der Waals surface area contributed by atoms with E-state index in [0.717, 1.165) is 11.3 Å². The number of carbonyl (C=O) groups is 1. The first-order valence-electron chi connectivity index (χ1n) is 6.62. The highest BCUT2D eigenvalue weighted by molar-refractivity contribution is 9.10. The Morgan fingerprint density at radius 3 is 2.57 bits per heavy atom. The predicted octanol–water partition coefficient (Wildman–Crippen LogP) is 4.58. The minimum Gasteiger partial charge on any atom is -0.385 e. The highest BCUT2D eigenvalue weighted by Gasteiger charge is 2.13. The SMILES string of the molecule is CCNc1ccc(C)cc1C(=O)Nc1ccc(Br)cc1F. The Hall–Kier alpha value is -1.88. The van der Waals surface area contributed by atoms with E-state index in [1.54, 1.807) is 12.1 Å². The van der Waals surface area contributed by atoms with Crippen LogP contribution in [0.2, 0.25) is 0 Å². The van der Waals surface area contributed by atoms with Crippen molar-refractivity contribution in [1.29, 1.82) is 0 Å². The van der Waals surface area contributed by atoms with Crippen molar-refractivity contribution in [3.63, 3.8) is 0 Å². The maximum atomic E-state index is 13.8. The van der Waals surface area contributed by atoms with Gasteiger partial charge in [0.1, 0.15) is 5.82 Å². The Labute approximate surface area is 131 Å². The van der Waals surface area contributed by atoms with Crippen molar-refractivity contribution in [3.05, 3.63) is 57.8 Å². The van der Waals surface area contributed by atoms with Crippen LogP contribution < -0.4 is 10.6 Å². The first-order chi connectivity index (χ1) is 10.0. The van der Waals surface area contributed by atoms with Crippen LogP contribution in [0.5, 0.6) is 0 Å². The molecule has 0 aliphatic rings. The van der Waals surface area contributed by atoms with Crippen LogP contribution in [0.3, 0.4) is 0 Å². The minimum absolute atomic E-state index is 0.159. The number of aryl methyl sites for hydroxylation is 1. The monoisotopic (exact) mass is 350 g/mol. The lowest BCUT2D eigenvalue weighted by molar-refractivity contribution is 0.102. The highest BCUT2D eigenvalue weighted by Crippen LogP contribution is 2.22. The molecule has 0 fully saturated rings. The molecule has 0 aliphatic carbocycles. The second-order valence-electron chi connectivity index (χ2n) is 4.66. The van der Waals surface area contributed by atoms with E-state index in [4.69, 9.17) is 0 Å². The fourth-order valence-corrected chi connectivity index (χ4v) is 2.30. The zero-order valence-electron chi connectivity index (χ0n) is 11.8. The Morgan fingerprint density at radius 1 is 1.19 bits per heavy atom. The van der Waals surface area contributed by atoms with Gasteiger partial charge in [0.2, 0.25) is 0 Å². The molecule has 0 aliphatic heterocycles. The van der Waals surface area contributed by atoms with Gasteiger partial charge in [-0.05, 0) is 44.2 Å². The number of rotatable bonds is 4. The summed E-state index contributed by atoms with van der Waals surface area (Å²) in [6, 6.07) is 10.1. The van der Waals surface area contributed by atoms with Crippen LogP contribution in [0.15, 0.2) is 40.9 Å². The highest BCUT2D eigenvalue weighted by atomic mass is 79.9. The average molecular weight is 351 g/mol. The summed E-state index contributed by atoms with van der Waals surface area (Å²) in [6.07, 6.45) is 0. The van der Waals surface area contributed by atoms with Crippen LogP contribution >= 0.6 is 15.9 Å². The van der Waals surface area contributed by atoms with E-state index in [1.807, 2.05) is 26.0 Å². The summed E-state index contributed by atoms with van der Waals surface area (Å²) in [5, 5.41) is 5.74. The molecular formula is C16H16BrFN2O. The molecule has 0 spiro atoms. The molecule has 0 saturated carbocycles. The van der Waals surface area contributed by atoms with Gasteiger partial charge < -0.3 is 10.6 Å². The molecule has 21 heavy (non-hydrogen) atoms. The number of nitrogens with one attached hydrogen (secondary N) is 2. The number of benzene rings is 2. The molecule has 0 atom stereocenters. The second-order valence-corrected chi connectivity index (χ2v) is 5.57. The summed E-state index contributed by atoms with van der Waals surface area (Å²) in [4.78, 5) is 12.4. The van der Waals surface area contributed by atoms with Gasteiger partial charge in [0.05, 0.1) is 11.3 Å². The number of hydrogen-bond donors (Lipinski definition) is 2. The zero-order valence-corrected chi connectivity index (χ0v) is 13.4. The van der Waals surface area contributed by atoms with E-state index in [2.05, 4.69) is 26.6 Å². The molecule has 110 valence electrons. The van der Waals surface area contributed by atoms with Crippen molar-refractivity contribution in [2.75, 3.05) is 17.2 Å². The molecule has 0 radical (unpaired) electrons. The van der Waals surface area contributed by atoms with Gasteiger partial charge in [-0.25, -0.2) is 4.39 Å². The maximum absolute atomic E-state index is 13.8. The summed E-state index contributed by atoms with van der Waals surface area (Å²) in [5.74, 6) is -0.814. The first-order valence-corrected chi connectivity index (χ1v) is 7.41. The summed E-state index contributed by atoms with van der Waals surface area (Å²) < 4.78 is 14.4. The van der Waals surface area contributed by atoms with Crippen molar-refractivity contribution in [3.8, 4) is 0 Å². The molecule has 5 heteroatoms. The third kappa shape index (κ3) is 3.82. The molecule has 2 aromatic rings. The second kappa shape index (κ2) is 6.72. The smallest absolute Gasteiger partial charge is 0.257 e. The van der Waals surface area contributed by atoms with E-state index < -0.39 is 5.82 Å². The number of anilines is 2. The van der Waals surface area contributed by atoms with Gasteiger partial charge in [-0.15, -0.1) is 0 Å². The fraction of sp³-hybridized carbons (Fsp3) is 0.188. The Bertz CT molecular complexity index is 673. The van der Waals surface area contributed by atoms with Gasteiger partial charge in [0, 0.05) is 16.7 Å². The van der Waals surface area contributed by atoms with Crippen molar-refractivity contribution < 1.29 is 9.18 Å². The molecule has 0 unspecified atom stereocenters. The molecule has 1 amide bonds. The standard InChI is InChI=1S/C16H16BrFN2O/c1-3-19-14-6-4-10(2)8-12(14)16(21)20-15-7-5-11(17)9-13(15)18/h4-9,19H,3H2,1-2H3,(H,20,21). The Morgan fingerprint density at radius 2 is 1.90 bits per heavy atom. The van der Waals surface area contributed by atoms with Crippen LogP contribution in [-0.4, -0.2) is 12.5 Å². The van der Waals surface area contributed by atoms with Crippen molar-refractivity contribution in [1.82, 2.24) is 0 Å². The van der Waals surface area contributed by atoms with Crippen molar-refractivity contribution in [2.24, 2.45) is 0 Å². The summed E-state index contributed by atoms with van der Waals surface area (Å²) in [6.45, 7) is 4.57. The molecule has 2 rings (SSSR count). The third-order valence-corrected chi connectivity index (χ3v) is 3.46.